The van der Waals surface area contributed by atoms with E-state index in [2.05, 4.69) is 5.10 Å². The number of nitrogens with zero attached hydrogens (tertiary/aromatic N) is 2. The second kappa shape index (κ2) is 5.79. The van der Waals surface area contributed by atoms with Gasteiger partial charge >= 0.3 is 6.18 Å². The van der Waals surface area contributed by atoms with Crippen molar-refractivity contribution in [3.8, 4) is 0 Å². The molecule has 5 nitrogen and oxygen atoms in total. The molecule has 23 heavy (non-hydrogen) atoms. The van der Waals surface area contributed by atoms with Crippen molar-refractivity contribution in [3.63, 3.8) is 0 Å². The number of hydrogen-bond acceptors (Lipinski definition) is 4. The van der Waals surface area contributed by atoms with Gasteiger partial charge in [-0.1, -0.05) is 32.0 Å². The van der Waals surface area contributed by atoms with Crippen molar-refractivity contribution in [1.82, 2.24) is 4.41 Å². The highest BCUT2D eigenvalue weighted by Gasteiger charge is 2.64. The van der Waals surface area contributed by atoms with Gasteiger partial charge in [0, 0.05) is 12.1 Å². The SMILES string of the molecule is CC(C)CC1=NN(S(=O)(=O)c2ccccc2)[C@](O)(C(F)(F)F)C1. The Morgan fingerprint density at radius 3 is 2.35 bits per heavy atom. The van der Waals surface area contributed by atoms with Crippen LogP contribution in [0.1, 0.15) is 26.7 Å². The molecule has 0 radical (unpaired) electrons. The molecule has 2 rings (SSSR count). The third kappa shape index (κ3) is 3.20. The van der Waals surface area contributed by atoms with Crippen LogP contribution in [0.25, 0.3) is 0 Å². The first-order chi connectivity index (χ1) is 10.5. The Labute approximate surface area is 132 Å². The van der Waals surface area contributed by atoms with Gasteiger partial charge in [0.15, 0.2) is 0 Å². The van der Waals surface area contributed by atoms with E-state index in [0.29, 0.717) is 0 Å². The summed E-state index contributed by atoms with van der Waals surface area (Å²) in [5, 5.41) is 13.7. The first kappa shape index (κ1) is 17.7. The van der Waals surface area contributed by atoms with Gasteiger partial charge in [0.25, 0.3) is 15.7 Å². The van der Waals surface area contributed by atoms with Gasteiger partial charge in [-0.25, -0.2) is 0 Å². The second-order valence-electron chi connectivity index (χ2n) is 5.82. The Balaban J connectivity index is 2.52. The Morgan fingerprint density at radius 1 is 1.30 bits per heavy atom. The quantitative estimate of drug-likeness (QED) is 0.908. The molecular weight excluding hydrogens is 333 g/mol. The summed E-state index contributed by atoms with van der Waals surface area (Å²) in [4.78, 5) is -0.364. The lowest BCUT2D eigenvalue weighted by molar-refractivity contribution is -0.291. The largest absolute Gasteiger partial charge is 0.439 e. The van der Waals surface area contributed by atoms with Crippen LogP contribution in [0.5, 0.6) is 0 Å². The molecule has 1 N–H and O–H groups in total. The molecule has 1 aromatic rings. The zero-order chi connectivity index (χ0) is 17.5. The summed E-state index contributed by atoms with van der Waals surface area (Å²) < 4.78 is 64.7. The molecule has 0 bridgehead atoms. The molecule has 128 valence electrons. The second-order valence-corrected chi connectivity index (χ2v) is 7.58. The average molecular weight is 350 g/mol. The van der Waals surface area contributed by atoms with E-state index < -0.39 is 28.3 Å². The predicted molar refractivity (Wildman–Crippen MR) is 78.0 cm³/mol. The standard InChI is InChI=1S/C14H17F3N2O3S/c1-10(2)8-11-9-13(20,14(15,16)17)19(18-11)23(21,22)12-6-4-3-5-7-12/h3-7,10,20H,8-9H2,1-2H3/t13-/m1/s1. The number of benzene rings is 1. The maximum atomic E-state index is 13.3. The Kier molecular flexibility index (Phi) is 4.46. The van der Waals surface area contributed by atoms with Crippen molar-refractivity contribution < 1.29 is 26.7 Å². The van der Waals surface area contributed by atoms with Gasteiger partial charge < -0.3 is 5.11 Å². The first-order valence-electron chi connectivity index (χ1n) is 6.94. The van der Waals surface area contributed by atoms with Crippen LogP contribution in [-0.2, 0) is 10.0 Å². The summed E-state index contributed by atoms with van der Waals surface area (Å²) >= 11 is 0. The molecule has 9 heteroatoms. The molecule has 0 saturated carbocycles. The number of rotatable bonds is 4. The van der Waals surface area contributed by atoms with Crippen LogP contribution in [0.15, 0.2) is 40.3 Å². The van der Waals surface area contributed by atoms with Crippen LogP contribution in [0, 0.1) is 5.92 Å². The summed E-state index contributed by atoms with van der Waals surface area (Å²) in [6, 6.07) is 6.61. The topological polar surface area (TPSA) is 70.0 Å². The smallest absolute Gasteiger partial charge is 0.361 e. The summed E-state index contributed by atoms with van der Waals surface area (Å²) in [5.41, 5.74) is -3.56. The van der Waals surface area contributed by atoms with E-state index in [4.69, 9.17) is 0 Å². The van der Waals surface area contributed by atoms with Crippen molar-refractivity contribution in [2.75, 3.05) is 0 Å². The van der Waals surface area contributed by atoms with Crippen molar-refractivity contribution in [1.29, 1.82) is 0 Å². The minimum absolute atomic E-state index is 0.000619. The third-order valence-corrected chi connectivity index (χ3v) is 5.07. The van der Waals surface area contributed by atoms with Crippen LogP contribution in [0.4, 0.5) is 13.2 Å². The normalized spacial score (nSPS) is 22.6. The fourth-order valence-corrected chi connectivity index (χ4v) is 3.83. The molecule has 1 aliphatic heterocycles. The number of halogens is 3. The average Bonchev–Trinajstić information content (AvgIpc) is 2.77. The van der Waals surface area contributed by atoms with Gasteiger partial charge in [-0.05, 0) is 24.5 Å². The van der Waals surface area contributed by atoms with Gasteiger partial charge in [0.2, 0.25) is 0 Å². The highest BCUT2D eigenvalue weighted by atomic mass is 32.2. The van der Waals surface area contributed by atoms with Gasteiger partial charge in [0.05, 0.1) is 4.90 Å². The predicted octanol–water partition coefficient (Wildman–Crippen LogP) is 2.73. The molecule has 0 saturated heterocycles. The number of alkyl halides is 3. The van der Waals surface area contributed by atoms with Crippen LogP contribution >= 0.6 is 0 Å². The van der Waals surface area contributed by atoms with Crippen LogP contribution in [0.2, 0.25) is 0 Å². The highest BCUT2D eigenvalue weighted by Crippen LogP contribution is 2.43. The number of aliphatic hydroxyl groups is 1. The fraction of sp³-hybridized carbons (Fsp3) is 0.500. The minimum Gasteiger partial charge on any atom is -0.361 e. The lowest BCUT2D eigenvalue weighted by Gasteiger charge is -2.33. The van der Waals surface area contributed by atoms with Gasteiger partial charge in [-0.15, -0.1) is 4.41 Å². The summed E-state index contributed by atoms with van der Waals surface area (Å²) in [6.07, 6.45) is -5.89. The molecule has 1 atom stereocenters. The molecule has 0 aliphatic carbocycles. The fourth-order valence-electron chi connectivity index (χ4n) is 2.34. The molecule has 1 aliphatic rings. The Bertz CT molecular complexity index is 702. The van der Waals surface area contributed by atoms with E-state index in [1.807, 2.05) is 0 Å². The van der Waals surface area contributed by atoms with Crippen molar-refractivity contribution in [2.45, 2.75) is 43.5 Å². The zero-order valence-corrected chi connectivity index (χ0v) is 13.4. The zero-order valence-electron chi connectivity index (χ0n) is 12.6. The van der Waals surface area contributed by atoms with E-state index in [1.54, 1.807) is 13.8 Å². The molecule has 0 amide bonds. The summed E-state index contributed by atoms with van der Waals surface area (Å²) in [6.45, 7) is 3.53. The lowest BCUT2D eigenvalue weighted by Crippen LogP contribution is -2.56. The first-order valence-corrected chi connectivity index (χ1v) is 8.38. The molecular formula is C14H17F3N2O3S. The number of hydrazone groups is 1. The van der Waals surface area contributed by atoms with Crippen molar-refractivity contribution in [3.05, 3.63) is 30.3 Å². The van der Waals surface area contributed by atoms with E-state index in [1.165, 1.54) is 18.2 Å². The maximum absolute atomic E-state index is 13.3. The molecule has 1 aromatic carbocycles. The Morgan fingerprint density at radius 2 is 1.87 bits per heavy atom. The van der Waals surface area contributed by atoms with Crippen molar-refractivity contribution >= 4 is 15.7 Å². The van der Waals surface area contributed by atoms with Gasteiger partial charge in [0.1, 0.15) is 0 Å². The van der Waals surface area contributed by atoms with E-state index in [9.17, 15) is 26.7 Å². The molecule has 1 heterocycles. The summed E-state index contributed by atoms with van der Waals surface area (Å²) in [5.74, 6) is -0.0226. The molecule has 0 unspecified atom stereocenters. The number of hydrogen-bond donors (Lipinski definition) is 1. The molecule has 0 aromatic heterocycles. The Hall–Kier alpha value is -1.61. The van der Waals surface area contributed by atoms with E-state index in [0.717, 1.165) is 12.1 Å². The van der Waals surface area contributed by atoms with Crippen molar-refractivity contribution in [2.24, 2.45) is 11.0 Å². The van der Waals surface area contributed by atoms with Crippen LogP contribution in [-0.4, -0.2) is 35.6 Å². The van der Waals surface area contributed by atoms with Gasteiger partial charge in [-0.2, -0.15) is 26.7 Å². The molecule has 0 spiro atoms. The highest BCUT2D eigenvalue weighted by molar-refractivity contribution is 7.89. The summed E-state index contributed by atoms with van der Waals surface area (Å²) in [7, 11) is -4.62. The maximum Gasteiger partial charge on any atom is 0.439 e. The monoisotopic (exact) mass is 350 g/mol. The van der Waals surface area contributed by atoms with E-state index in [-0.39, 0.29) is 27.4 Å². The number of sulfonamides is 1. The van der Waals surface area contributed by atoms with E-state index >= 15 is 0 Å². The van der Waals surface area contributed by atoms with Crippen LogP contribution < -0.4 is 0 Å². The minimum atomic E-state index is -5.17. The third-order valence-electron chi connectivity index (χ3n) is 3.37. The molecule has 0 fully saturated rings. The lowest BCUT2D eigenvalue weighted by atomic mass is 10.00. The van der Waals surface area contributed by atoms with Gasteiger partial charge in [-0.3, -0.25) is 0 Å². The van der Waals surface area contributed by atoms with Crippen LogP contribution in [0.3, 0.4) is 0 Å².